The van der Waals surface area contributed by atoms with E-state index in [1.54, 1.807) is 18.3 Å². The van der Waals surface area contributed by atoms with Gasteiger partial charge in [0, 0.05) is 6.20 Å². The monoisotopic (exact) mass is 293 g/mol. The van der Waals surface area contributed by atoms with Gasteiger partial charge in [-0.2, -0.15) is 0 Å². The van der Waals surface area contributed by atoms with Crippen LogP contribution in [0.3, 0.4) is 0 Å². The van der Waals surface area contributed by atoms with Crippen molar-refractivity contribution in [2.75, 3.05) is 7.11 Å². The molecule has 1 unspecified atom stereocenters. The van der Waals surface area contributed by atoms with E-state index >= 15 is 0 Å². The van der Waals surface area contributed by atoms with E-state index in [0.29, 0.717) is 10.0 Å². The van der Waals surface area contributed by atoms with Crippen LogP contribution in [0.2, 0.25) is 5.02 Å². The summed E-state index contributed by atoms with van der Waals surface area (Å²) >= 11 is 7.35. The van der Waals surface area contributed by atoms with Crippen molar-refractivity contribution in [3.05, 3.63) is 59.2 Å². The van der Waals surface area contributed by atoms with Gasteiger partial charge in [-0.1, -0.05) is 53.7 Å². The molecule has 0 amide bonds. The molecular formula is C14H12ClNO2S. The molecule has 0 N–H and O–H groups in total. The molecule has 1 aromatic carbocycles. The minimum Gasteiger partial charge on any atom is -0.468 e. The van der Waals surface area contributed by atoms with Crippen molar-refractivity contribution in [1.29, 1.82) is 0 Å². The molecule has 5 heteroatoms. The van der Waals surface area contributed by atoms with Crippen LogP contribution in [0.5, 0.6) is 0 Å². The summed E-state index contributed by atoms with van der Waals surface area (Å²) in [5, 5.41) is 0.666. The lowest BCUT2D eigenvalue weighted by Gasteiger charge is -2.14. The van der Waals surface area contributed by atoms with Crippen LogP contribution < -0.4 is 0 Å². The maximum absolute atomic E-state index is 11.9. The Labute approximate surface area is 121 Å². The van der Waals surface area contributed by atoms with Crippen molar-refractivity contribution in [1.82, 2.24) is 4.98 Å². The number of carbonyl (C=O) groups is 1. The number of rotatable bonds is 4. The highest BCUT2D eigenvalue weighted by Gasteiger charge is 2.24. The van der Waals surface area contributed by atoms with Crippen molar-refractivity contribution < 1.29 is 9.53 Å². The predicted molar refractivity (Wildman–Crippen MR) is 76.3 cm³/mol. The summed E-state index contributed by atoms with van der Waals surface area (Å²) in [6, 6.07) is 12.9. The number of methoxy groups -OCH3 is 1. The summed E-state index contributed by atoms with van der Waals surface area (Å²) in [5.74, 6) is -0.321. The molecule has 98 valence electrons. The quantitative estimate of drug-likeness (QED) is 0.636. The van der Waals surface area contributed by atoms with Crippen LogP contribution in [0.25, 0.3) is 0 Å². The van der Waals surface area contributed by atoms with Crippen LogP contribution in [0.4, 0.5) is 0 Å². The molecule has 0 aliphatic heterocycles. The van der Waals surface area contributed by atoms with E-state index in [2.05, 4.69) is 4.98 Å². The number of hydrogen-bond acceptors (Lipinski definition) is 4. The highest BCUT2D eigenvalue weighted by molar-refractivity contribution is 8.00. The molecule has 0 radical (unpaired) electrons. The fourth-order valence-corrected chi connectivity index (χ4v) is 2.82. The number of nitrogens with zero attached hydrogens (tertiary/aromatic N) is 1. The number of thioether (sulfide) groups is 1. The summed E-state index contributed by atoms with van der Waals surface area (Å²) in [6.07, 6.45) is 1.65. The maximum Gasteiger partial charge on any atom is 0.323 e. The van der Waals surface area contributed by atoms with Crippen LogP contribution in [0, 0.1) is 0 Å². The van der Waals surface area contributed by atoms with E-state index in [1.807, 2.05) is 30.3 Å². The maximum atomic E-state index is 11.9. The van der Waals surface area contributed by atoms with E-state index in [9.17, 15) is 4.79 Å². The SMILES string of the molecule is COC(=O)C(Sc1ncccc1Cl)c1ccccc1. The molecule has 0 spiro atoms. The summed E-state index contributed by atoms with van der Waals surface area (Å²) in [6.45, 7) is 0. The smallest absolute Gasteiger partial charge is 0.323 e. The summed E-state index contributed by atoms with van der Waals surface area (Å²) in [7, 11) is 1.37. The second-order valence-electron chi connectivity index (χ2n) is 3.72. The topological polar surface area (TPSA) is 39.2 Å². The first-order valence-corrected chi connectivity index (χ1v) is 6.88. The van der Waals surface area contributed by atoms with E-state index in [4.69, 9.17) is 16.3 Å². The number of carbonyl (C=O) groups excluding carboxylic acids is 1. The van der Waals surface area contributed by atoms with Gasteiger partial charge in [-0.25, -0.2) is 4.98 Å². The molecule has 0 aliphatic rings. The largest absolute Gasteiger partial charge is 0.468 e. The third-order valence-electron chi connectivity index (χ3n) is 2.47. The molecule has 0 fully saturated rings. The lowest BCUT2D eigenvalue weighted by molar-refractivity contribution is -0.140. The first-order chi connectivity index (χ1) is 9.22. The molecule has 1 aromatic heterocycles. The molecule has 3 nitrogen and oxygen atoms in total. The molecule has 0 saturated carbocycles. The first-order valence-electron chi connectivity index (χ1n) is 5.62. The van der Waals surface area contributed by atoms with Crippen LogP contribution in [-0.2, 0) is 9.53 Å². The number of esters is 1. The molecule has 0 saturated heterocycles. The van der Waals surface area contributed by atoms with E-state index in [0.717, 1.165) is 5.56 Å². The first kappa shape index (κ1) is 13.9. The second kappa shape index (κ2) is 6.59. The Morgan fingerprint density at radius 3 is 2.63 bits per heavy atom. The number of ether oxygens (including phenoxy) is 1. The van der Waals surface area contributed by atoms with Gasteiger partial charge in [0.1, 0.15) is 10.3 Å². The van der Waals surface area contributed by atoms with E-state index in [1.165, 1.54) is 18.9 Å². The Balaban J connectivity index is 2.30. The number of benzene rings is 1. The molecule has 2 aromatic rings. The van der Waals surface area contributed by atoms with Gasteiger partial charge in [-0.3, -0.25) is 4.79 Å². The number of halogens is 1. The number of pyridine rings is 1. The third-order valence-corrected chi connectivity index (χ3v) is 4.14. The van der Waals surface area contributed by atoms with E-state index in [-0.39, 0.29) is 5.97 Å². The Bertz CT molecular complexity index is 562. The average Bonchev–Trinajstić information content (AvgIpc) is 2.46. The Morgan fingerprint density at radius 2 is 2.00 bits per heavy atom. The van der Waals surface area contributed by atoms with Crippen LogP contribution >= 0.6 is 23.4 Å². The van der Waals surface area contributed by atoms with Gasteiger partial charge in [-0.05, 0) is 17.7 Å². The molecular weight excluding hydrogens is 282 g/mol. The summed E-state index contributed by atoms with van der Waals surface area (Å²) < 4.78 is 4.85. The van der Waals surface area contributed by atoms with Crippen LogP contribution in [0.15, 0.2) is 53.7 Å². The molecule has 1 heterocycles. The standard InChI is InChI=1S/C14H12ClNO2S/c1-18-14(17)12(10-6-3-2-4-7-10)19-13-11(15)8-5-9-16-13/h2-9,12H,1H3. The minimum absolute atomic E-state index is 0.321. The van der Waals surface area contributed by atoms with Crippen molar-refractivity contribution >= 4 is 29.3 Å². The van der Waals surface area contributed by atoms with Gasteiger partial charge in [-0.15, -0.1) is 0 Å². The fourth-order valence-electron chi connectivity index (χ4n) is 1.56. The van der Waals surface area contributed by atoms with Gasteiger partial charge in [0.2, 0.25) is 0 Å². The molecule has 0 bridgehead atoms. The van der Waals surface area contributed by atoms with Crippen molar-refractivity contribution in [2.45, 2.75) is 10.3 Å². The number of hydrogen-bond donors (Lipinski definition) is 0. The Kier molecular flexibility index (Phi) is 4.82. The van der Waals surface area contributed by atoms with Gasteiger partial charge in [0.05, 0.1) is 12.1 Å². The zero-order valence-corrected chi connectivity index (χ0v) is 11.8. The lowest BCUT2D eigenvalue weighted by atomic mass is 10.1. The average molecular weight is 294 g/mol. The highest BCUT2D eigenvalue weighted by atomic mass is 35.5. The summed E-state index contributed by atoms with van der Waals surface area (Å²) in [4.78, 5) is 16.1. The zero-order valence-electron chi connectivity index (χ0n) is 10.2. The van der Waals surface area contributed by atoms with Crippen molar-refractivity contribution in [2.24, 2.45) is 0 Å². The molecule has 19 heavy (non-hydrogen) atoms. The van der Waals surface area contributed by atoms with Crippen LogP contribution in [-0.4, -0.2) is 18.1 Å². The molecule has 1 atom stereocenters. The van der Waals surface area contributed by atoms with Gasteiger partial charge in [0.25, 0.3) is 0 Å². The van der Waals surface area contributed by atoms with Crippen molar-refractivity contribution in [3.8, 4) is 0 Å². The van der Waals surface area contributed by atoms with Gasteiger partial charge in [0.15, 0.2) is 0 Å². The normalized spacial score (nSPS) is 11.9. The second-order valence-corrected chi connectivity index (χ2v) is 5.22. The highest BCUT2D eigenvalue weighted by Crippen LogP contribution is 2.37. The predicted octanol–water partition coefficient (Wildman–Crippen LogP) is 3.74. The lowest BCUT2D eigenvalue weighted by Crippen LogP contribution is -2.11. The Hall–Kier alpha value is -1.52. The minimum atomic E-state index is -0.474. The third kappa shape index (κ3) is 3.49. The Morgan fingerprint density at radius 1 is 1.26 bits per heavy atom. The van der Waals surface area contributed by atoms with Crippen LogP contribution in [0.1, 0.15) is 10.8 Å². The van der Waals surface area contributed by atoms with E-state index < -0.39 is 5.25 Å². The zero-order chi connectivity index (χ0) is 13.7. The van der Waals surface area contributed by atoms with Gasteiger partial charge < -0.3 is 4.74 Å². The molecule has 0 aliphatic carbocycles. The number of aromatic nitrogens is 1. The van der Waals surface area contributed by atoms with Crippen molar-refractivity contribution in [3.63, 3.8) is 0 Å². The fraction of sp³-hybridized carbons (Fsp3) is 0.143. The van der Waals surface area contributed by atoms with Gasteiger partial charge >= 0.3 is 5.97 Å². The molecule has 2 rings (SSSR count). The summed E-state index contributed by atoms with van der Waals surface area (Å²) in [5.41, 5.74) is 0.862.